The number of rotatable bonds is 3. The van der Waals surface area contributed by atoms with Gasteiger partial charge in [0.2, 0.25) is 5.91 Å². The van der Waals surface area contributed by atoms with E-state index in [-0.39, 0.29) is 18.9 Å². The standard InChI is InChI=1S/C12H11FN2O3S/c13-19(17,18)8-9-5-12(16)15(7-9)11-4-2-1-3-10(11)6-14/h1-4,9H,5,7-8H2. The summed E-state index contributed by atoms with van der Waals surface area (Å²) in [5, 5.41) is 8.97. The minimum atomic E-state index is -4.60. The van der Waals surface area contributed by atoms with Crippen LogP contribution in [0.15, 0.2) is 24.3 Å². The minimum absolute atomic E-state index is 0.0249. The lowest BCUT2D eigenvalue weighted by Crippen LogP contribution is -2.26. The zero-order valence-electron chi connectivity index (χ0n) is 9.91. The Kier molecular flexibility index (Phi) is 3.53. The van der Waals surface area contributed by atoms with Crippen molar-refractivity contribution < 1.29 is 17.1 Å². The fourth-order valence-electron chi connectivity index (χ4n) is 2.21. The summed E-state index contributed by atoms with van der Waals surface area (Å²) in [6.45, 7) is 0.112. The third kappa shape index (κ3) is 3.09. The molecule has 1 amide bonds. The van der Waals surface area contributed by atoms with Crippen molar-refractivity contribution in [1.29, 1.82) is 5.26 Å². The maximum Gasteiger partial charge on any atom is 0.302 e. The van der Waals surface area contributed by atoms with Crippen LogP contribution in [0.5, 0.6) is 0 Å². The average molecular weight is 282 g/mol. The molecule has 1 fully saturated rings. The van der Waals surface area contributed by atoms with Crippen LogP contribution in [0.4, 0.5) is 9.57 Å². The van der Waals surface area contributed by atoms with Crippen LogP contribution in [0.1, 0.15) is 12.0 Å². The molecule has 0 spiro atoms. The molecule has 1 aliphatic heterocycles. The molecule has 0 radical (unpaired) electrons. The average Bonchev–Trinajstić information content (AvgIpc) is 2.67. The second-order valence-electron chi connectivity index (χ2n) is 4.41. The zero-order chi connectivity index (χ0) is 14.0. The van der Waals surface area contributed by atoms with Gasteiger partial charge in [0.1, 0.15) is 6.07 Å². The van der Waals surface area contributed by atoms with Crippen LogP contribution in [0.2, 0.25) is 0 Å². The Bertz CT molecular complexity index is 651. The van der Waals surface area contributed by atoms with Crippen LogP contribution < -0.4 is 4.90 Å². The summed E-state index contributed by atoms with van der Waals surface area (Å²) in [6, 6.07) is 8.51. The number of para-hydroxylation sites is 1. The summed E-state index contributed by atoms with van der Waals surface area (Å²) < 4.78 is 33.9. The van der Waals surface area contributed by atoms with Crippen LogP contribution in [0.3, 0.4) is 0 Å². The van der Waals surface area contributed by atoms with Gasteiger partial charge in [0.15, 0.2) is 0 Å². The van der Waals surface area contributed by atoms with E-state index in [1.54, 1.807) is 24.3 Å². The van der Waals surface area contributed by atoms with Gasteiger partial charge in [-0.3, -0.25) is 4.79 Å². The molecule has 0 bridgehead atoms. The van der Waals surface area contributed by atoms with Gasteiger partial charge in [-0.05, 0) is 12.1 Å². The van der Waals surface area contributed by atoms with Crippen molar-refractivity contribution in [1.82, 2.24) is 0 Å². The summed E-state index contributed by atoms with van der Waals surface area (Å²) in [4.78, 5) is 13.2. The third-order valence-corrected chi connectivity index (χ3v) is 3.82. The highest BCUT2D eigenvalue weighted by Crippen LogP contribution is 2.28. The van der Waals surface area contributed by atoms with Crippen LogP contribution in [0, 0.1) is 17.2 Å². The van der Waals surface area contributed by atoms with Gasteiger partial charge >= 0.3 is 10.2 Å². The van der Waals surface area contributed by atoms with E-state index in [4.69, 9.17) is 5.26 Å². The number of benzene rings is 1. The maximum atomic E-state index is 12.6. The van der Waals surface area contributed by atoms with E-state index in [2.05, 4.69) is 0 Å². The molecule has 1 unspecified atom stereocenters. The highest BCUT2D eigenvalue weighted by molar-refractivity contribution is 7.86. The molecule has 100 valence electrons. The first-order chi connectivity index (χ1) is 8.90. The highest BCUT2D eigenvalue weighted by atomic mass is 32.3. The Hall–Kier alpha value is -1.94. The van der Waals surface area contributed by atoms with Gasteiger partial charge < -0.3 is 4.90 Å². The number of halogens is 1. The summed E-state index contributed by atoms with van der Waals surface area (Å²) in [5.74, 6) is -1.53. The number of carbonyl (C=O) groups is 1. The predicted molar refractivity (Wildman–Crippen MR) is 66.5 cm³/mol. The molecule has 0 saturated carbocycles. The minimum Gasteiger partial charge on any atom is -0.311 e. The number of anilines is 1. The van der Waals surface area contributed by atoms with Crippen molar-refractivity contribution in [2.24, 2.45) is 5.92 Å². The van der Waals surface area contributed by atoms with Gasteiger partial charge in [0.05, 0.1) is 17.0 Å². The summed E-state index contributed by atoms with van der Waals surface area (Å²) in [6.07, 6.45) is -0.0249. The Morgan fingerprint density at radius 3 is 2.74 bits per heavy atom. The third-order valence-electron chi connectivity index (χ3n) is 2.96. The van der Waals surface area contributed by atoms with Gasteiger partial charge in [-0.2, -0.15) is 13.7 Å². The fraction of sp³-hybridized carbons (Fsp3) is 0.333. The Labute approximate surface area is 110 Å². The normalized spacial score (nSPS) is 19.5. The SMILES string of the molecule is N#Cc1ccccc1N1CC(CS(=O)(=O)F)CC1=O. The quantitative estimate of drug-likeness (QED) is 0.781. The van der Waals surface area contributed by atoms with E-state index in [1.807, 2.05) is 6.07 Å². The van der Waals surface area contributed by atoms with Gasteiger partial charge in [-0.1, -0.05) is 12.1 Å². The number of hydrogen-bond acceptors (Lipinski definition) is 4. The number of amides is 1. The van der Waals surface area contributed by atoms with Gasteiger partial charge in [0, 0.05) is 18.9 Å². The van der Waals surface area contributed by atoms with E-state index in [0.29, 0.717) is 11.3 Å². The lowest BCUT2D eigenvalue weighted by Gasteiger charge is -2.17. The number of nitrogens with zero attached hydrogens (tertiary/aromatic N) is 2. The van der Waals surface area contributed by atoms with E-state index in [1.165, 1.54) is 4.90 Å². The van der Waals surface area contributed by atoms with E-state index >= 15 is 0 Å². The van der Waals surface area contributed by atoms with E-state index in [0.717, 1.165) is 0 Å². The molecule has 2 rings (SSSR count). The summed E-state index contributed by atoms with van der Waals surface area (Å²) in [7, 11) is -4.60. The smallest absolute Gasteiger partial charge is 0.302 e. The molecule has 0 N–H and O–H groups in total. The number of hydrogen-bond donors (Lipinski definition) is 0. The largest absolute Gasteiger partial charge is 0.311 e. The Morgan fingerprint density at radius 2 is 2.11 bits per heavy atom. The van der Waals surface area contributed by atoms with E-state index < -0.39 is 21.9 Å². The molecular formula is C12H11FN2O3S. The second-order valence-corrected chi connectivity index (χ2v) is 5.82. The predicted octanol–water partition coefficient (Wildman–Crippen LogP) is 1.21. The second kappa shape index (κ2) is 4.97. The molecule has 1 aliphatic rings. The molecule has 1 atom stereocenters. The zero-order valence-corrected chi connectivity index (χ0v) is 10.7. The van der Waals surface area contributed by atoms with Crippen molar-refractivity contribution >= 4 is 21.8 Å². The van der Waals surface area contributed by atoms with Gasteiger partial charge in [-0.15, -0.1) is 3.89 Å². The highest BCUT2D eigenvalue weighted by Gasteiger charge is 2.34. The lowest BCUT2D eigenvalue weighted by atomic mass is 10.1. The molecule has 1 aromatic rings. The van der Waals surface area contributed by atoms with Crippen molar-refractivity contribution in [2.75, 3.05) is 17.2 Å². The van der Waals surface area contributed by atoms with Crippen LogP contribution in [-0.4, -0.2) is 26.6 Å². The number of carbonyl (C=O) groups excluding carboxylic acids is 1. The monoisotopic (exact) mass is 282 g/mol. The van der Waals surface area contributed by atoms with E-state index in [9.17, 15) is 17.1 Å². The molecule has 5 nitrogen and oxygen atoms in total. The van der Waals surface area contributed by atoms with Crippen molar-refractivity contribution in [3.05, 3.63) is 29.8 Å². The van der Waals surface area contributed by atoms with Gasteiger partial charge in [-0.25, -0.2) is 0 Å². The Balaban J connectivity index is 2.24. The summed E-state index contributed by atoms with van der Waals surface area (Å²) >= 11 is 0. The van der Waals surface area contributed by atoms with Crippen LogP contribution in [0.25, 0.3) is 0 Å². The number of nitriles is 1. The molecule has 7 heteroatoms. The van der Waals surface area contributed by atoms with Crippen molar-refractivity contribution in [2.45, 2.75) is 6.42 Å². The molecular weight excluding hydrogens is 271 g/mol. The maximum absolute atomic E-state index is 12.6. The molecule has 1 aromatic carbocycles. The van der Waals surface area contributed by atoms with Crippen LogP contribution >= 0.6 is 0 Å². The topological polar surface area (TPSA) is 78.2 Å². The first-order valence-corrected chi connectivity index (χ1v) is 7.18. The van der Waals surface area contributed by atoms with Crippen molar-refractivity contribution in [3.8, 4) is 6.07 Å². The molecule has 1 saturated heterocycles. The van der Waals surface area contributed by atoms with Crippen molar-refractivity contribution in [3.63, 3.8) is 0 Å². The first-order valence-electron chi connectivity index (χ1n) is 5.62. The van der Waals surface area contributed by atoms with Gasteiger partial charge in [0.25, 0.3) is 0 Å². The summed E-state index contributed by atoms with van der Waals surface area (Å²) in [5.41, 5.74) is 0.772. The molecule has 19 heavy (non-hydrogen) atoms. The molecule has 1 heterocycles. The first kappa shape index (κ1) is 13.5. The molecule has 0 aromatic heterocycles. The lowest BCUT2D eigenvalue weighted by molar-refractivity contribution is -0.117. The Morgan fingerprint density at radius 1 is 1.42 bits per heavy atom. The molecule has 0 aliphatic carbocycles. The fourth-order valence-corrected chi connectivity index (χ4v) is 3.00. The van der Waals surface area contributed by atoms with Crippen LogP contribution in [-0.2, 0) is 15.0 Å².